The fourth-order valence-corrected chi connectivity index (χ4v) is 7.58. The number of allylic oxidation sites excluding steroid dienone is 1. The van der Waals surface area contributed by atoms with E-state index in [1.807, 2.05) is 0 Å². The standard InChI is InChI=1S/C24H30O12/c1-9(2)5-14(28)36-16-18-23-8-34-24(18,21(32)33)19(30)15(29)17(23)22(4,7-13(26)27)11(10(3)25)6-12(23)35-20(16)31/h5,11-12,15-19,29-30H,6-8H2,1-4H3,(H,26,27)(H,32,33)/t11-,12+,15+,16+,17+,18+,19-,22-,23+,24-/m0/s1. The number of ketones is 1. The number of aliphatic carboxylic acids is 2. The van der Waals surface area contributed by atoms with Crippen LogP contribution < -0.4 is 0 Å². The normalized spacial score (nSPS) is 44.6. The maximum absolute atomic E-state index is 13.2. The van der Waals surface area contributed by atoms with E-state index in [0.29, 0.717) is 5.57 Å². The Morgan fingerprint density at radius 2 is 1.75 bits per heavy atom. The molecule has 1 spiro atoms. The van der Waals surface area contributed by atoms with E-state index in [9.17, 15) is 44.4 Å². The first-order chi connectivity index (χ1) is 16.6. The van der Waals surface area contributed by atoms with Gasteiger partial charge in [-0.2, -0.15) is 0 Å². The Labute approximate surface area is 206 Å². The predicted molar refractivity (Wildman–Crippen MR) is 116 cm³/mol. The lowest BCUT2D eigenvalue weighted by Crippen LogP contribution is -2.79. The van der Waals surface area contributed by atoms with Gasteiger partial charge < -0.3 is 34.6 Å². The molecule has 10 atom stereocenters. The first-order valence-electron chi connectivity index (χ1n) is 11.7. The molecule has 0 aromatic rings. The molecule has 0 unspecified atom stereocenters. The van der Waals surface area contributed by atoms with Gasteiger partial charge in [-0.15, -0.1) is 0 Å². The van der Waals surface area contributed by atoms with Crippen molar-refractivity contribution in [2.45, 2.75) is 70.6 Å². The van der Waals surface area contributed by atoms with E-state index < -0.39 is 101 Å². The fraction of sp³-hybridized carbons (Fsp3) is 0.708. The van der Waals surface area contributed by atoms with Crippen molar-refractivity contribution < 1.29 is 58.6 Å². The van der Waals surface area contributed by atoms with Crippen LogP contribution in [0.3, 0.4) is 0 Å². The average Bonchev–Trinajstić information content (AvgIpc) is 3.04. The molecule has 2 aliphatic heterocycles. The first kappa shape index (κ1) is 26.2. The molecule has 36 heavy (non-hydrogen) atoms. The quantitative estimate of drug-likeness (QED) is 0.269. The molecule has 0 radical (unpaired) electrons. The van der Waals surface area contributed by atoms with Crippen molar-refractivity contribution in [1.29, 1.82) is 0 Å². The molecule has 2 saturated carbocycles. The average molecular weight is 510 g/mol. The van der Waals surface area contributed by atoms with Crippen LogP contribution in [-0.4, -0.2) is 86.7 Å². The monoisotopic (exact) mass is 510 g/mol. The van der Waals surface area contributed by atoms with Crippen molar-refractivity contribution in [2.24, 2.45) is 28.6 Å². The lowest BCUT2D eigenvalue weighted by Gasteiger charge is -2.65. The highest BCUT2D eigenvalue weighted by atomic mass is 16.6. The van der Waals surface area contributed by atoms with Gasteiger partial charge in [-0.25, -0.2) is 14.4 Å². The number of Topliss-reactive ketones (excluding diaryl/α,β-unsaturated/α-hetero) is 1. The number of carbonyl (C=O) groups is 5. The lowest BCUT2D eigenvalue weighted by atomic mass is 9.39. The molecule has 2 bridgehead atoms. The van der Waals surface area contributed by atoms with E-state index in [1.54, 1.807) is 13.8 Å². The molecular formula is C24H30O12. The third-order valence-corrected chi connectivity index (χ3v) is 8.64. The molecule has 4 fully saturated rings. The summed E-state index contributed by atoms with van der Waals surface area (Å²) in [5, 5.41) is 42.6. The van der Waals surface area contributed by atoms with Gasteiger partial charge in [0, 0.05) is 23.3 Å². The molecule has 0 amide bonds. The number of ether oxygens (including phenoxy) is 3. The van der Waals surface area contributed by atoms with Crippen molar-refractivity contribution in [1.82, 2.24) is 0 Å². The number of aliphatic hydroxyl groups is 2. The summed E-state index contributed by atoms with van der Waals surface area (Å²) in [4.78, 5) is 63.0. The van der Waals surface area contributed by atoms with Crippen LogP contribution in [0.4, 0.5) is 0 Å². The van der Waals surface area contributed by atoms with E-state index >= 15 is 0 Å². The number of carbonyl (C=O) groups excluding carboxylic acids is 3. The Balaban J connectivity index is 1.97. The minimum absolute atomic E-state index is 0.144. The Morgan fingerprint density at radius 1 is 1.11 bits per heavy atom. The van der Waals surface area contributed by atoms with E-state index in [-0.39, 0.29) is 6.42 Å². The molecule has 4 aliphatic rings. The highest BCUT2D eigenvalue weighted by Crippen LogP contribution is 2.71. The summed E-state index contributed by atoms with van der Waals surface area (Å²) in [6.07, 6.45) is -6.60. The smallest absolute Gasteiger partial charge is 0.348 e. The number of carboxylic acid groups (broad SMARTS) is 2. The molecule has 2 aliphatic carbocycles. The first-order valence-corrected chi connectivity index (χ1v) is 11.7. The zero-order valence-corrected chi connectivity index (χ0v) is 20.3. The van der Waals surface area contributed by atoms with E-state index in [4.69, 9.17) is 14.2 Å². The lowest BCUT2D eigenvalue weighted by molar-refractivity contribution is -0.289. The van der Waals surface area contributed by atoms with Gasteiger partial charge in [-0.3, -0.25) is 9.59 Å². The molecule has 12 heteroatoms. The maximum Gasteiger partial charge on any atom is 0.348 e. The fourth-order valence-electron chi connectivity index (χ4n) is 7.58. The number of hydrogen-bond donors (Lipinski definition) is 4. The number of carboxylic acids is 2. The van der Waals surface area contributed by atoms with Crippen LogP contribution in [0.25, 0.3) is 0 Å². The summed E-state index contributed by atoms with van der Waals surface area (Å²) in [6.45, 7) is 5.53. The SMILES string of the molecule is CC(=O)[C@@H]1C[C@H]2OC(=O)[C@H](OC(=O)C=C(C)C)[C@H]3[C@]4(C(=O)O)OC[C@]23[C@H]([C@@H](O)[C@@H]4O)[C@@]1(C)CC(=O)O. The largest absolute Gasteiger partial charge is 0.481 e. The summed E-state index contributed by atoms with van der Waals surface area (Å²) in [5.74, 6) is -9.14. The number of rotatable bonds is 6. The van der Waals surface area contributed by atoms with Crippen molar-refractivity contribution in [3.05, 3.63) is 11.6 Å². The Hall–Kier alpha value is -2.83. The molecule has 12 nitrogen and oxygen atoms in total. The zero-order valence-electron chi connectivity index (χ0n) is 20.3. The van der Waals surface area contributed by atoms with Crippen LogP contribution in [0.15, 0.2) is 11.6 Å². The summed E-state index contributed by atoms with van der Waals surface area (Å²) in [7, 11) is 0. The third kappa shape index (κ3) is 3.27. The van der Waals surface area contributed by atoms with E-state index in [2.05, 4.69) is 0 Å². The molecule has 2 saturated heterocycles. The number of hydrogen-bond acceptors (Lipinski definition) is 10. The van der Waals surface area contributed by atoms with Crippen molar-refractivity contribution >= 4 is 29.7 Å². The Morgan fingerprint density at radius 3 is 2.28 bits per heavy atom. The van der Waals surface area contributed by atoms with Crippen LogP contribution in [0.1, 0.15) is 40.5 Å². The molecule has 2 heterocycles. The Bertz CT molecular complexity index is 1060. The van der Waals surface area contributed by atoms with Crippen molar-refractivity contribution in [3.8, 4) is 0 Å². The van der Waals surface area contributed by atoms with Gasteiger partial charge in [-0.1, -0.05) is 12.5 Å². The van der Waals surface area contributed by atoms with Crippen LogP contribution in [0, 0.1) is 28.6 Å². The van der Waals surface area contributed by atoms with Crippen LogP contribution in [0.2, 0.25) is 0 Å². The van der Waals surface area contributed by atoms with Gasteiger partial charge in [0.25, 0.3) is 0 Å². The molecular weight excluding hydrogens is 480 g/mol. The second-order valence-corrected chi connectivity index (χ2v) is 10.9. The highest BCUT2D eigenvalue weighted by Gasteiger charge is 2.84. The maximum atomic E-state index is 13.2. The molecule has 4 rings (SSSR count). The van der Waals surface area contributed by atoms with Gasteiger partial charge in [0.15, 0.2) is 0 Å². The molecule has 4 N–H and O–H groups in total. The second-order valence-electron chi connectivity index (χ2n) is 10.9. The molecule has 198 valence electrons. The van der Waals surface area contributed by atoms with Crippen LogP contribution in [-0.2, 0) is 38.2 Å². The highest BCUT2D eigenvalue weighted by molar-refractivity contribution is 5.89. The summed E-state index contributed by atoms with van der Waals surface area (Å²) >= 11 is 0. The predicted octanol–water partition coefficient (Wildman–Crippen LogP) is -0.312. The zero-order chi connectivity index (χ0) is 27.0. The van der Waals surface area contributed by atoms with Gasteiger partial charge in [0.2, 0.25) is 11.7 Å². The summed E-state index contributed by atoms with van der Waals surface area (Å²) in [5.41, 5.74) is -5.04. The summed E-state index contributed by atoms with van der Waals surface area (Å²) < 4.78 is 16.8. The van der Waals surface area contributed by atoms with Crippen molar-refractivity contribution in [3.63, 3.8) is 0 Å². The Kier molecular flexibility index (Phi) is 6.09. The number of aliphatic hydroxyl groups excluding tert-OH is 2. The third-order valence-electron chi connectivity index (χ3n) is 8.64. The topological polar surface area (TPSA) is 194 Å². The number of esters is 2. The van der Waals surface area contributed by atoms with Crippen LogP contribution >= 0.6 is 0 Å². The molecule has 0 aromatic heterocycles. The van der Waals surface area contributed by atoms with E-state index in [1.165, 1.54) is 13.8 Å². The van der Waals surface area contributed by atoms with Gasteiger partial charge in [-0.05, 0) is 32.6 Å². The van der Waals surface area contributed by atoms with Gasteiger partial charge in [0.05, 0.1) is 25.0 Å². The van der Waals surface area contributed by atoms with E-state index in [0.717, 1.165) is 6.08 Å². The van der Waals surface area contributed by atoms with Gasteiger partial charge >= 0.3 is 23.9 Å². The summed E-state index contributed by atoms with van der Waals surface area (Å²) in [6, 6.07) is 0. The molecule has 0 aromatic carbocycles. The van der Waals surface area contributed by atoms with Gasteiger partial charge in [0.1, 0.15) is 18.0 Å². The minimum atomic E-state index is -2.54. The minimum Gasteiger partial charge on any atom is -0.481 e. The van der Waals surface area contributed by atoms with Crippen molar-refractivity contribution in [2.75, 3.05) is 6.61 Å². The van der Waals surface area contributed by atoms with Crippen LogP contribution in [0.5, 0.6) is 0 Å². The second kappa shape index (κ2) is 8.35.